The van der Waals surface area contributed by atoms with E-state index >= 15 is 0 Å². The zero-order chi connectivity index (χ0) is 12.8. The van der Waals surface area contributed by atoms with E-state index in [1.165, 1.54) is 64.2 Å². The molecule has 2 aliphatic carbocycles. The molecule has 2 rings (SSSR count). The minimum Gasteiger partial charge on any atom is -0.380 e. The fourth-order valence-corrected chi connectivity index (χ4v) is 4.16. The van der Waals surface area contributed by atoms with Crippen molar-refractivity contribution in [3.05, 3.63) is 11.1 Å². The van der Waals surface area contributed by atoms with E-state index in [0.717, 1.165) is 18.4 Å². The summed E-state index contributed by atoms with van der Waals surface area (Å²) in [5, 5.41) is 0. The highest BCUT2D eigenvalue weighted by atomic mass is 16.5. The van der Waals surface area contributed by atoms with Crippen molar-refractivity contribution in [3.63, 3.8) is 0 Å². The number of allylic oxidation sites excluding steroid dienone is 1. The largest absolute Gasteiger partial charge is 0.380 e. The van der Waals surface area contributed by atoms with Crippen LogP contribution in [0.4, 0.5) is 0 Å². The summed E-state index contributed by atoms with van der Waals surface area (Å²) >= 11 is 0. The molecule has 104 valence electrons. The Morgan fingerprint density at radius 3 is 1.67 bits per heavy atom. The molecule has 0 aromatic heterocycles. The van der Waals surface area contributed by atoms with E-state index in [4.69, 9.17) is 4.74 Å². The first kappa shape index (κ1) is 14.1. The molecule has 0 heterocycles. The van der Waals surface area contributed by atoms with E-state index in [1.54, 1.807) is 5.57 Å². The van der Waals surface area contributed by atoms with Crippen molar-refractivity contribution in [2.45, 2.75) is 71.1 Å². The maximum atomic E-state index is 5.41. The van der Waals surface area contributed by atoms with Crippen molar-refractivity contribution < 1.29 is 4.74 Å². The molecule has 0 unspecified atom stereocenters. The highest BCUT2D eigenvalue weighted by Gasteiger charge is 2.27. The number of ether oxygens (including phenoxy) is 1. The second-order valence-electron chi connectivity index (χ2n) is 6.34. The first-order valence-corrected chi connectivity index (χ1v) is 8.01. The van der Waals surface area contributed by atoms with Crippen LogP contribution in [-0.2, 0) is 4.74 Å². The van der Waals surface area contributed by atoms with Gasteiger partial charge < -0.3 is 4.74 Å². The molecule has 2 saturated carbocycles. The fourth-order valence-electron chi connectivity index (χ4n) is 4.16. The van der Waals surface area contributed by atoms with Crippen molar-refractivity contribution in [2.75, 3.05) is 13.7 Å². The summed E-state index contributed by atoms with van der Waals surface area (Å²) in [5.74, 6) is 1.77. The van der Waals surface area contributed by atoms with Crippen LogP contribution >= 0.6 is 0 Å². The Morgan fingerprint density at radius 1 is 0.833 bits per heavy atom. The first-order chi connectivity index (χ1) is 8.83. The molecule has 0 amide bonds. The number of hydrogen-bond donors (Lipinski definition) is 0. The molecule has 0 bridgehead atoms. The van der Waals surface area contributed by atoms with E-state index in [-0.39, 0.29) is 0 Å². The third kappa shape index (κ3) is 3.60. The molecular weight excluding hydrogens is 220 g/mol. The third-order valence-corrected chi connectivity index (χ3v) is 4.94. The smallest absolute Gasteiger partial charge is 0.0673 e. The van der Waals surface area contributed by atoms with Crippen LogP contribution in [0.15, 0.2) is 11.1 Å². The molecule has 0 radical (unpaired) electrons. The Bertz CT molecular complexity index is 247. The first-order valence-electron chi connectivity index (χ1n) is 8.01. The fraction of sp³-hybridized carbons (Fsp3) is 0.882. The summed E-state index contributed by atoms with van der Waals surface area (Å²) in [6.07, 6.45) is 14.4. The van der Waals surface area contributed by atoms with Gasteiger partial charge in [0.05, 0.1) is 6.61 Å². The van der Waals surface area contributed by atoms with Gasteiger partial charge in [0.15, 0.2) is 0 Å². The molecule has 0 N–H and O–H groups in total. The minimum atomic E-state index is 0.850. The van der Waals surface area contributed by atoms with Crippen molar-refractivity contribution in [2.24, 2.45) is 11.8 Å². The summed E-state index contributed by atoms with van der Waals surface area (Å²) in [6.45, 7) is 3.17. The predicted molar refractivity (Wildman–Crippen MR) is 77.7 cm³/mol. The molecule has 1 heteroatoms. The van der Waals surface area contributed by atoms with Gasteiger partial charge in [-0.05, 0) is 50.0 Å². The molecule has 2 aliphatic rings. The molecule has 0 atom stereocenters. The lowest BCUT2D eigenvalue weighted by Gasteiger charge is -2.34. The van der Waals surface area contributed by atoms with E-state index in [9.17, 15) is 0 Å². The molecule has 2 fully saturated rings. The number of hydrogen-bond acceptors (Lipinski definition) is 1. The molecule has 0 saturated heterocycles. The van der Waals surface area contributed by atoms with Gasteiger partial charge in [-0.3, -0.25) is 0 Å². The lowest BCUT2D eigenvalue weighted by atomic mass is 9.72. The summed E-state index contributed by atoms with van der Waals surface area (Å²) in [4.78, 5) is 0. The van der Waals surface area contributed by atoms with Crippen LogP contribution in [0.5, 0.6) is 0 Å². The standard InChI is InChI=1S/C17H30O/c1-14(13-18-2)17(15-9-5-3-6-10-15)16-11-7-4-8-12-16/h15-16H,3-13H2,1-2H3. The third-order valence-electron chi connectivity index (χ3n) is 4.94. The average Bonchev–Trinajstić information content (AvgIpc) is 2.42. The van der Waals surface area contributed by atoms with Crippen LogP contribution in [0, 0.1) is 11.8 Å². The van der Waals surface area contributed by atoms with Crippen LogP contribution in [0.1, 0.15) is 71.1 Å². The molecule has 0 aromatic rings. The van der Waals surface area contributed by atoms with Gasteiger partial charge >= 0.3 is 0 Å². The van der Waals surface area contributed by atoms with Crippen LogP contribution in [0.25, 0.3) is 0 Å². The molecule has 1 nitrogen and oxygen atoms in total. The summed E-state index contributed by atoms with van der Waals surface area (Å²) in [6, 6.07) is 0. The van der Waals surface area contributed by atoms with Crippen LogP contribution in [0.2, 0.25) is 0 Å². The average molecular weight is 250 g/mol. The minimum absolute atomic E-state index is 0.850. The SMILES string of the molecule is COCC(C)=C(C1CCCCC1)C1CCCCC1. The van der Waals surface area contributed by atoms with E-state index in [0.29, 0.717) is 0 Å². The van der Waals surface area contributed by atoms with Crippen molar-refractivity contribution in [3.8, 4) is 0 Å². The Hall–Kier alpha value is -0.300. The summed E-state index contributed by atoms with van der Waals surface area (Å²) in [7, 11) is 1.84. The maximum absolute atomic E-state index is 5.41. The lowest BCUT2D eigenvalue weighted by Crippen LogP contribution is -2.21. The monoisotopic (exact) mass is 250 g/mol. The molecule has 0 spiro atoms. The van der Waals surface area contributed by atoms with E-state index < -0.39 is 0 Å². The number of methoxy groups -OCH3 is 1. The highest BCUT2D eigenvalue weighted by molar-refractivity contribution is 5.20. The van der Waals surface area contributed by atoms with Gasteiger partial charge in [-0.15, -0.1) is 0 Å². The van der Waals surface area contributed by atoms with Gasteiger partial charge in [0.25, 0.3) is 0 Å². The van der Waals surface area contributed by atoms with Gasteiger partial charge in [-0.25, -0.2) is 0 Å². The summed E-state index contributed by atoms with van der Waals surface area (Å²) < 4.78 is 5.41. The van der Waals surface area contributed by atoms with Crippen molar-refractivity contribution in [1.82, 2.24) is 0 Å². The molecular formula is C17H30O. The van der Waals surface area contributed by atoms with Gasteiger partial charge in [-0.2, -0.15) is 0 Å². The zero-order valence-electron chi connectivity index (χ0n) is 12.3. The quantitative estimate of drug-likeness (QED) is 0.630. The van der Waals surface area contributed by atoms with Crippen LogP contribution in [0.3, 0.4) is 0 Å². The van der Waals surface area contributed by atoms with Gasteiger partial charge in [0, 0.05) is 7.11 Å². The molecule has 0 aromatic carbocycles. The molecule has 0 aliphatic heterocycles. The van der Waals surface area contributed by atoms with Crippen molar-refractivity contribution in [1.29, 1.82) is 0 Å². The predicted octanol–water partition coefficient (Wildman–Crippen LogP) is 5.11. The Morgan fingerprint density at radius 2 is 1.28 bits per heavy atom. The highest BCUT2D eigenvalue weighted by Crippen LogP contribution is 2.41. The molecule has 18 heavy (non-hydrogen) atoms. The Labute approximate surface area is 113 Å². The van der Waals surface area contributed by atoms with Crippen molar-refractivity contribution >= 4 is 0 Å². The van der Waals surface area contributed by atoms with E-state index in [2.05, 4.69) is 6.92 Å². The van der Waals surface area contributed by atoms with Crippen LogP contribution in [-0.4, -0.2) is 13.7 Å². The Balaban J connectivity index is 2.12. The summed E-state index contributed by atoms with van der Waals surface area (Å²) in [5.41, 5.74) is 3.37. The van der Waals surface area contributed by atoms with Crippen LogP contribution < -0.4 is 0 Å². The second-order valence-corrected chi connectivity index (χ2v) is 6.34. The topological polar surface area (TPSA) is 9.23 Å². The van der Waals surface area contributed by atoms with Gasteiger partial charge in [0.1, 0.15) is 0 Å². The second kappa shape index (κ2) is 7.33. The van der Waals surface area contributed by atoms with Gasteiger partial charge in [0.2, 0.25) is 0 Å². The van der Waals surface area contributed by atoms with Gasteiger partial charge in [-0.1, -0.05) is 44.1 Å². The number of rotatable bonds is 4. The van der Waals surface area contributed by atoms with E-state index in [1.807, 2.05) is 12.7 Å². The maximum Gasteiger partial charge on any atom is 0.0673 e. The lowest BCUT2D eigenvalue weighted by molar-refractivity contribution is 0.220. The zero-order valence-corrected chi connectivity index (χ0v) is 12.3. The normalized spacial score (nSPS) is 23.0. The Kier molecular flexibility index (Phi) is 5.75.